The monoisotopic (exact) mass is 436 g/mol. The lowest BCUT2D eigenvalue weighted by atomic mass is 9.80. The molecule has 2 aromatic carbocycles. The van der Waals surface area contributed by atoms with E-state index in [4.69, 9.17) is 15.0 Å². The van der Waals surface area contributed by atoms with Crippen molar-refractivity contribution in [3.8, 4) is 11.1 Å². The van der Waals surface area contributed by atoms with Crippen LogP contribution in [-0.4, -0.2) is 36.8 Å². The fourth-order valence-corrected chi connectivity index (χ4v) is 4.38. The highest BCUT2D eigenvalue weighted by atomic mass is 19.1. The van der Waals surface area contributed by atoms with Gasteiger partial charge in [0.1, 0.15) is 17.2 Å². The van der Waals surface area contributed by atoms with Crippen molar-refractivity contribution in [3.05, 3.63) is 65.6 Å². The summed E-state index contributed by atoms with van der Waals surface area (Å²) in [6.45, 7) is 9.42. The van der Waals surface area contributed by atoms with Crippen molar-refractivity contribution < 1.29 is 13.7 Å². The molecule has 6 nitrogen and oxygen atoms in total. The molecule has 0 aliphatic carbocycles. The van der Waals surface area contributed by atoms with Gasteiger partial charge in [0.15, 0.2) is 0 Å². The van der Waals surface area contributed by atoms with Crippen LogP contribution in [0, 0.1) is 5.82 Å². The predicted octanol–water partition coefficient (Wildman–Crippen LogP) is 5.04. The summed E-state index contributed by atoms with van der Waals surface area (Å²) in [5.41, 5.74) is 8.58. The molecule has 1 aliphatic heterocycles. The Morgan fingerprint density at radius 2 is 1.81 bits per heavy atom. The Bertz CT molecular complexity index is 1100. The summed E-state index contributed by atoms with van der Waals surface area (Å²) in [6, 6.07) is 14.9. The van der Waals surface area contributed by atoms with Gasteiger partial charge in [-0.15, -0.1) is 0 Å². The Kier molecular flexibility index (Phi) is 6.02. The third-order valence-electron chi connectivity index (χ3n) is 5.95. The zero-order valence-corrected chi connectivity index (χ0v) is 18.9. The van der Waals surface area contributed by atoms with Gasteiger partial charge in [0.05, 0.1) is 18.5 Å². The quantitative estimate of drug-likeness (QED) is 0.448. The standard InChI is InChI=1S/C25H29FN4O2/c1-16-13-30(14-17(2)31-16)22-23(29-32-24(22)28-15-27)25(3,4)19-10-11-20(21(26)12-19)18-8-6-5-7-9-18/h5-12,15-17H,13-14H2,1-4H3,(H2,27,28). The lowest BCUT2D eigenvalue weighted by Gasteiger charge is -2.37. The number of nitrogens with zero attached hydrogens (tertiary/aromatic N) is 3. The van der Waals surface area contributed by atoms with Gasteiger partial charge in [-0.05, 0) is 44.9 Å². The minimum Gasteiger partial charge on any atom is -0.390 e. The van der Waals surface area contributed by atoms with Gasteiger partial charge >= 0.3 is 0 Å². The van der Waals surface area contributed by atoms with Crippen LogP contribution in [0.1, 0.15) is 39.0 Å². The molecule has 32 heavy (non-hydrogen) atoms. The van der Waals surface area contributed by atoms with Crippen molar-refractivity contribution in [2.24, 2.45) is 10.7 Å². The normalized spacial score (nSPS) is 19.6. The van der Waals surface area contributed by atoms with Crippen LogP contribution in [-0.2, 0) is 10.2 Å². The molecular weight excluding hydrogens is 407 g/mol. The van der Waals surface area contributed by atoms with E-state index in [1.807, 2.05) is 70.2 Å². The molecule has 2 atom stereocenters. The smallest absolute Gasteiger partial charge is 0.275 e. The molecule has 0 spiro atoms. The van der Waals surface area contributed by atoms with Crippen LogP contribution in [0.2, 0.25) is 0 Å². The summed E-state index contributed by atoms with van der Waals surface area (Å²) in [5, 5.41) is 4.37. The van der Waals surface area contributed by atoms with Crippen molar-refractivity contribution in [2.45, 2.75) is 45.3 Å². The molecule has 4 rings (SSSR count). The highest BCUT2D eigenvalue weighted by Crippen LogP contribution is 2.43. The molecule has 0 bridgehead atoms. The largest absolute Gasteiger partial charge is 0.390 e. The topological polar surface area (TPSA) is 76.9 Å². The number of anilines is 1. The summed E-state index contributed by atoms with van der Waals surface area (Å²) >= 11 is 0. The third-order valence-corrected chi connectivity index (χ3v) is 5.95. The molecule has 2 unspecified atom stereocenters. The Hall–Kier alpha value is -3.19. The number of nitrogens with two attached hydrogens (primary N) is 1. The van der Waals surface area contributed by atoms with Gasteiger partial charge in [-0.2, -0.15) is 0 Å². The summed E-state index contributed by atoms with van der Waals surface area (Å²) in [7, 11) is 0. The first kappa shape index (κ1) is 22.0. The number of hydrogen-bond donors (Lipinski definition) is 1. The van der Waals surface area contributed by atoms with Crippen molar-refractivity contribution in [2.75, 3.05) is 18.0 Å². The molecule has 1 fully saturated rings. The van der Waals surface area contributed by atoms with Crippen LogP contribution in [0.5, 0.6) is 0 Å². The molecule has 0 radical (unpaired) electrons. The zero-order valence-electron chi connectivity index (χ0n) is 18.9. The molecule has 168 valence electrons. The highest BCUT2D eigenvalue weighted by Gasteiger charge is 2.37. The second-order valence-electron chi connectivity index (χ2n) is 8.81. The SMILES string of the molecule is CC1CN(c2c(C(C)(C)c3ccc(-c4ccccc4)c(F)c3)noc2N=CN)CC(C)O1. The minimum atomic E-state index is -0.637. The Labute approximate surface area is 187 Å². The lowest BCUT2D eigenvalue weighted by molar-refractivity contribution is -0.00527. The molecule has 0 amide bonds. The number of benzene rings is 2. The Morgan fingerprint density at radius 3 is 2.44 bits per heavy atom. The van der Waals surface area contributed by atoms with E-state index < -0.39 is 5.41 Å². The van der Waals surface area contributed by atoms with E-state index in [-0.39, 0.29) is 18.0 Å². The number of morpholine rings is 1. The lowest BCUT2D eigenvalue weighted by Crippen LogP contribution is -2.46. The zero-order chi connectivity index (χ0) is 22.9. The van der Waals surface area contributed by atoms with E-state index in [9.17, 15) is 0 Å². The maximum absolute atomic E-state index is 15.2. The molecule has 2 N–H and O–H groups in total. The molecule has 0 saturated carbocycles. The molecule has 1 aliphatic rings. The number of rotatable bonds is 5. The van der Waals surface area contributed by atoms with Crippen molar-refractivity contribution >= 4 is 17.9 Å². The van der Waals surface area contributed by atoms with Crippen LogP contribution >= 0.6 is 0 Å². The summed E-state index contributed by atoms with van der Waals surface area (Å²) < 4.78 is 26.6. The maximum Gasteiger partial charge on any atom is 0.275 e. The number of ether oxygens (including phenoxy) is 1. The summed E-state index contributed by atoms with van der Waals surface area (Å²) in [4.78, 5) is 6.37. The first-order valence-corrected chi connectivity index (χ1v) is 10.8. The second kappa shape index (κ2) is 8.74. The third kappa shape index (κ3) is 4.12. The van der Waals surface area contributed by atoms with Crippen molar-refractivity contribution in [1.82, 2.24) is 5.16 Å². The van der Waals surface area contributed by atoms with Gasteiger partial charge in [-0.1, -0.05) is 47.6 Å². The molecular formula is C25H29FN4O2. The molecule has 2 heterocycles. The molecule has 1 aromatic heterocycles. The van der Waals surface area contributed by atoms with E-state index in [1.54, 1.807) is 6.07 Å². The van der Waals surface area contributed by atoms with Gasteiger partial charge < -0.3 is 19.9 Å². The second-order valence-corrected chi connectivity index (χ2v) is 8.81. The first-order chi connectivity index (χ1) is 15.3. The number of halogens is 1. The van der Waals surface area contributed by atoms with Crippen LogP contribution in [0.25, 0.3) is 11.1 Å². The average molecular weight is 437 g/mol. The summed E-state index contributed by atoms with van der Waals surface area (Å²) in [5.74, 6) is 0.0684. The van der Waals surface area contributed by atoms with Gasteiger partial charge in [-0.25, -0.2) is 9.38 Å². The first-order valence-electron chi connectivity index (χ1n) is 10.8. The molecule has 1 saturated heterocycles. The maximum atomic E-state index is 15.2. The number of hydrogen-bond acceptors (Lipinski definition) is 5. The predicted molar refractivity (Wildman–Crippen MR) is 125 cm³/mol. The van der Waals surface area contributed by atoms with Crippen LogP contribution < -0.4 is 10.6 Å². The fraction of sp³-hybridized carbons (Fsp3) is 0.360. The van der Waals surface area contributed by atoms with E-state index in [0.717, 1.165) is 16.8 Å². The van der Waals surface area contributed by atoms with Gasteiger partial charge in [0.2, 0.25) is 0 Å². The van der Waals surface area contributed by atoms with Crippen molar-refractivity contribution in [3.63, 3.8) is 0 Å². The Morgan fingerprint density at radius 1 is 1.12 bits per heavy atom. The fourth-order valence-electron chi connectivity index (χ4n) is 4.38. The minimum absolute atomic E-state index is 0.0434. The Balaban J connectivity index is 1.76. The molecule has 3 aromatic rings. The van der Waals surface area contributed by atoms with E-state index in [0.29, 0.717) is 30.2 Å². The van der Waals surface area contributed by atoms with Crippen LogP contribution in [0.3, 0.4) is 0 Å². The van der Waals surface area contributed by atoms with Crippen LogP contribution in [0.15, 0.2) is 58.0 Å². The van der Waals surface area contributed by atoms with E-state index in [2.05, 4.69) is 15.0 Å². The average Bonchev–Trinajstić information content (AvgIpc) is 3.18. The number of aromatic nitrogens is 1. The van der Waals surface area contributed by atoms with Gasteiger partial charge in [0, 0.05) is 24.1 Å². The highest BCUT2D eigenvalue weighted by molar-refractivity contribution is 5.72. The number of aliphatic imine (C=N–C) groups is 1. The van der Waals surface area contributed by atoms with E-state index >= 15 is 4.39 Å². The van der Waals surface area contributed by atoms with Crippen molar-refractivity contribution in [1.29, 1.82) is 0 Å². The summed E-state index contributed by atoms with van der Waals surface area (Å²) in [6.07, 6.45) is 1.28. The van der Waals surface area contributed by atoms with Gasteiger partial charge in [-0.3, -0.25) is 0 Å². The molecule has 7 heteroatoms. The van der Waals surface area contributed by atoms with Crippen LogP contribution in [0.4, 0.5) is 16.0 Å². The van der Waals surface area contributed by atoms with E-state index in [1.165, 1.54) is 6.34 Å². The van der Waals surface area contributed by atoms with Gasteiger partial charge in [0.25, 0.3) is 5.88 Å².